The number of sulfonamides is 1. The minimum absolute atomic E-state index is 0.0143. The summed E-state index contributed by atoms with van der Waals surface area (Å²) in [5.41, 5.74) is 0.679. The predicted molar refractivity (Wildman–Crippen MR) is 122 cm³/mol. The van der Waals surface area contributed by atoms with Gasteiger partial charge in [-0.15, -0.1) is 0 Å². The molecule has 0 radical (unpaired) electrons. The Morgan fingerprint density at radius 1 is 1.18 bits per heavy atom. The van der Waals surface area contributed by atoms with E-state index >= 15 is 0 Å². The second-order valence-electron chi connectivity index (χ2n) is 9.42. The van der Waals surface area contributed by atoms with Crippen LogP contribution >= 0.6 is 0 Å². The van der Waals surface area contributed by atoms with Crippen LogP contribution in [0.4, 0.5) is 0 Å². The summed E-state index contributed by atoms with van der Waals surface area (Å²) >= 11 is 0. The molecule has 1 aliphatic heterocycles. The van der Waals surface area contributed by atoms with Crippen molar-refractivity contribution < 1.29 is 32.2 Å². The molecule has 1 aromatic carbocycles. The summed E-state index contributed by atoms with van der Waals surface area (Å²) in [6, 6.07) is 4.35. The predicted octanol–water partition coefficient (Wildman–Crippen LogP) is 3.18. The first-order valence-corrected chi connectivity index (χ1v) is 13.1. The van der Waals surface area contributed by atoms with Crippen molar-refractivity contribution in [3.05, 3.63) is 29.3 Å². The molecule has 0 amide bonds. The third-order valence-corrected chi connectivity index (χ3v) is 8.50. The van der Waals surface area contributed by atoms with Crippen LogP contribution in [0.15, 0.2) is 23.1 Å². The van der Waals surface area contributed by atoms with E-state index in [1.807, 2.05) is 0 Å². The Bertz CT molecular complexity index is 954. The minimum atomic E-state index is -3.75. The van der Waals surface area contributed by atoms with Gasteiger partial charge in [0.1, 0.15) is 6.10 Å². The molecular formula is C24H35NO7S. The van der Waals surface area contributed by atoms with E-state index in [0.29, 0.717) is 36.5 Å². The molecule has 8 nitrogen and oxygen atoms in total. The molecule has 9 heteroatoms. The summed E-state index contributed by atoms with van der Waals surface area (Å²) in [7, 11) is -3.75. The van der Waals surface area contributed by atoms with E-state index in [0.717, 1.165) is 19.3 Å². The lowest BCUT2D eigenvalue weighted by Crippen LogP contribution is -2.40. The molecule has 0 spiro atoms. The van der Waals surface area contributed by atoms with Gasteiger partial charge in [0.15, 0.2) is 6.61 Å². The minimum Gasteiger partial charge on any atom is -0.460 e. The maximum Gasteiger partial charge on any atom is 0.344 e. The lowest BCUT2D eigenvalue weighted by atomic mass is 9.75. The molecule has 1 saturated heterocycles. The summed E-state index contributed by atoms with van der Waals surface area (Å²) in [6.45, 7) is 8.78. The number of morpholine rings is 1. The number of rotatable bonds is 7. The van der Waals surface area contributed by atoms with Gasteiger partial charge in [0.25, 0.3) is 0 Å². The standard InChI is InChI=1S/C24H35NO7S/c1-16(2)20-8-5-17(3)13-22(20)32-23(26)15-31-24(27)21-14-19(7-6-18(21)4)33(28,29)25-9-11-30-12-10-25/h6-7,14,16-17,20,22H,5,8-13,15H2,1-4H3/t17-,20+,22+/m0/s1. The molecule has 0 N–H and O–H groups in total. The number of hydrogen-bond acceptors (Lipinski definition) is 7. The van der Waals surface area contributed by atoms with Crippen LogP contribution in [0.3, 0.4) is 0 Å². The van der Waals surface area contributed by atoms with Gasteiger partial charge in [0, 0.05) is 13.1 Å². The molecule has 3 atom stereocenters. The summed E-state index contributed by atoms with van der Waals surface area (Å²) in [5, 5.41) is 0. The summed E-state index contributed by atoms with van der Waals surface area (Å²) in [4.78, 5) is 25.1. The summed E-state index contributed by atoms with van der Waals surface area (Å²) < 4.78 is 43.3. The first-order valence-electron chi connectivity index (χ1n) is 11.6. The zero-order chi connectivity index (χ0) is 24.2. The highest BCUT2D eigenvalue weighted by Crippen LogP contribution is 2.35. The molecule has 0 bridgehead atoms. The lowest BCUT2D eigenvalue weighted by Gasteiger charge is -2.36. The van der Waals surface area contributed by atoms with E-state index in [1.54, 1.807) is 13.0 Å². The highest BCUT2D eigenvalue weighted by molar-refractivity contribution is 7.89. The average molecular weight is 482 g/mol. The number of hydrogen-bond donors (Lipinski definition) is 0. The van der Waals surface area contributed by atoms with Crippen molar-refractivity contribution in [3.8, 4) is 0 Å². The molecule has 2 aliphatic rings. The number of esters is 2. The van der Waals surface area contributed by atoms with E-state index in [-0.39, 0.29) is 29.7 Å². The highest BCUT2D eigenvalue weighted by Gasteiger charge is 2.34. The zero-order valence-electron chi connectivity index (χ0n) is 19.9. The Labute approximate surface area is 196 Å². The van der Waals surface area contributed by atoms with Crippen LogP contribution in [0.25, 0.3) is 0 Å². The molecule has 0 aromatic heterocycles. The Kier molecular flexibility index (Phi) is 8.53. The zero-order valence-corrected chi connectivity index (χ0v) is 20.7. The summed E-state index contributed by atoms with van der Waals surface area (Å²) in [6.07, 6.45) is 2.77. The number of ether oxygens (including phenoxy) is 3. The van der Waals surface area contributed by atoms with Gasteiger partial charge < -0.3 is 14.2 Å². The van der Waals surface area contributed by atoms with Crippen LogP contribution in [0.5, 0.6) is 0 Å². The van der Waals surface area contributed by atoms with Crippen molar-refractivity contribution >= 4 is 22.0 Å². The largest absolute Gasteiger partial charge is 0.460 e. The molecule has 1 aliphatic carbocycles. The second-order valence-corrected chi connectivity index (χ2v) is 11.4. The quantitative estimate of drug-likeness (QED) is 0.552. The van der Waals surface area contributed by atoms with Gasteiger partial charge in [-0.05, 0) is 55.2 Å². The van der Waals surface area contributed by atoms with E-state index in [2.05, 4.69) is 20.8 Å². The highest BCUT2D eigenvalue weighted by atomic mass is 32.2. The molecule has 184 valence electrons. The lowest BCUT2D eigenvalue weighted by molar-refractivity contribution is -0.159. The van der Waals surface area contributed by atoms with Crippen molar-refractivity contribution in [2.24, 2.45) is 17.8 Å². The molecule has 1 heterocycles. The molecular weight excluding hydrogens is 446 g/mol. The van der Waals surface area contributed by atoms with Crippen LogP contribution in [0.1, 0.15) is 56.0 Å². The number of carbonyl (C=O) groups excluding carboxylic acids is 2. The SMILES string of the molecule is Cc1ccc(S(=O)(=O)N2CCOCC2)cc1C(=O)OCC(=O)O[C@@H]1C[C@@H](C)CC[C@@H]1C(C)C. The topological polar surface area (TPSA) is 99.2 Å². The second kappa shape index (κ2) is 11.0. The normalized spacial score (nSPS) is 24.5. The Morgan fingerprint density at radius 2 is 1.88 bits per heavy atom. The van der Waals surface area contributed by atoms with Gasteiger partial charge in [0.05, 0.1) is 23.7 Å². The van der Waals surface area contributed by atoms with Crippen LogP contribution in [-0.4, -0.2) is 63.7 Å². The van der Waals surface area contributed by atoms with E-state index in [1.165, 1.54) is 16.4 Å². The van der Waals surface area contributed by atoms with Gasteiger partial charge in [-0.2, -0.15) is 4.31 Å². The first-order chi connectivity index (χ1) is 15.6. The van der Waals surface area contributed by atoms with E-state index in [4.69, 9.17) is 14.2 Å². The fourth-order valence-electron chi connectivity index (χ4n) is 4.57. The van der Waals surface area contributed by atoms with Crippen molar-refractivity contribution in [2.75, 3.05) is 32.9 Å². The fraction of sp³-hybridized carbons (Fsp3) is 0.667. The smallest absolute Gasteiger partial charge is 0.344 e. The Balaban J connectivity index is 1.64. The van der Waals surface area contributed by atoms with Crippen molar-refractivity contribution in [2.45, 2.75) is 58.0 Å². The Hall–Kier alpha value is -1.97. The first kappa shape index (κ1) is 25.6. The Morgan fingerprint density at radius 3 is 2.55 bits per heavy atom. The van der Waals surface area contributed by atoms with Crippen LogP contribution in [0.2, 0.25) is 0 Å². The van der Waals surface area contributed by atoms with Crippen molar-refractivity contribution in [3.63, 3.8) is 0 Å². The third-order valence-electron chi connectivity index (χ3n) is 6.60. The maximum atomic E-state index is 12.9. The molecule has 2 fully saturated rings. The molecule has 3 rings (SSSR count). The summed E-state index contributed by atoms with van der Waals surface area (Å²) in [5.74, 6) is -0.148. The number of carbonyl (C=O) groups is 2. The van der Waals surface area contributed by atoms with Gasteiger partial charge >= 0.3 is 11.9 Å². The van der Waals surface area contributed by atoms with Crippen LogP contribution in [0, 0.1) is 24.7 Å². The van der Waals surface area contributed by atoms with Gasteiger partial charge in [-0.1, -0.05) is 33.3 Å². The third kappa shape index (κ3) is 6.33. The van der Waals surface area contributed by atoms with Crippen LogP contribution < -0.4 is 0 Å². The number of nitrogens with zero attached hydrogens (tertiary/aromatic N) is 1. The molecule has 0 unspecified atom stereocenters. The van der Waals surface area contributed by atoms with Crippen molar-refractivity contribution in [1.29, 1.82) is 0 Å². The van der Waals surface area contributed by atoms with Gasteiger partial charge in [0.2, 0.25) is 10.0 Å². The molecule has 1 aromatic rings. The molecule has 1 saturated carbocycles. The van der Waals surface area contributed by atoms with E-state index < -0.39 is 28.6 Å². The van der Waals surface area contributed by atoms with Gasteiger partial charge in [-0.25, -0.2) is 18.0 Å². The van der Waals surface area contributed by atoms with Crippen molar-refractivity contribution in [1.82, 2.24) is 4.31 Å². The average Bonchev–Trinajstić information content (AvgIpc) is 2.78. The number of benzene rings is 1. The maximum absolute atomic E-state index is 12.9. The molecule has 33 heavy (non-hydrogen) atoms. The van der Waals surface area contributed by atoms with E-state index in [9.17, 15) is 18.0 Å². The monoisotopic (exact) mass is 481 g/mol. The van der Waals surface area contributed by atoms with Gasteiger partial charge in [-0.3, -0.25) is 0 Å². The van der Waals surface area contributed by atoms with Crippen LogP contribution in [-0.2, 0) is 29.0 Å². The number of aryl methyl sites for hydroxylation is 1. The fourth-order valence-corrected chi connectivity index (χ4v) is 6.01.